The molecule has 0 amide bonds. The zero-order chi connectivity index (χ0) is 19.7. The molecule has 0 saturated heterocycles. The first-order chi connectivity index (χ1) is 13.5. The Morgan fingerprint density at radius 2 is 1.89 bits per heavy atom. The average molecular weight is 380 g/mol. The number of rotatable bonds is 6. The van der Waals surface area contributed by atoms with E-state index in [0.717, 1.165) is 24.7 Å². The van der Waals surface area contributed by atoms with E-state index < -0.39 is 0 Å². The first-order valence-corrected chi connectivity index (χ1v) is 10.9. The van der Waals surface area contributed by atoms with Crippen LogP contribution in [0.4, 0.5) is 0 Å². The van der Waals surface area contributed by atoms with E-state index in [1.165, 1.54) is 48.9 Å². The second-order valence-electron chi connectivity index (χ2n) is 9.29. The van der Waals surface area contributed by atoms with Crippen LogP contribution in [0.1, 0.15) is 86.9 Å². The summed E-state index contributed by atoms with van der Waals surface area (Å²) in [6.07, 6.45) is 11.4. The van der Waals surface area contributed by atoms with Crippen molar-refractivity contribution in [2.45, 2.75) is 78.1 Å². The highest BCUT2D eigenvalue weighted by atomic mass is 16.5. The van der Waals surface area contributed by atoms with Crippen LogP contribution < -0.4 is 4.74 Å². The maximum absolute atomic E-state index is 6.27. The SMILES string of the molecule is CC[C@]1(C)CC[C@@H](c2cnc(C)nc2OC[C@H]2C[C@@H]2c2ccc(C)cn2)CC1. The van der Waals surface area contributed by atoms with Gasteiger partial charge in [0.15, 0.2) is 0 Å². The molecule has 4 nitrogen and oxygen atoms in total. The molecule has 0 aromatic carbocycles. The molecule has 0 spiro atoms. The highest BCUT2D eigenvalue weighted by molar-refractivity contribution is 5.29. The van der Waals surface area contributed by atoms with Gasteiger partial charge in [0.25, 0.3) is 0 Å². The van der Waals surface area contributed by atoms with Crippen LogP contribution in [0, 0.1) is 25.2 Å². The number of pyridine rings is 1. The van der Waals surface area contributed by atoms with Gasteiger partial charge in [0, 0.05) is 35.5 Å². The Bertz CT molecular complexity index is 809. The molecular weight excluding hydrogens is 346 g/mol. The number of aryl methyl sites for hydroxylation is 2. The molecule has 2 aliphatic rings. The maximum Gasteiger partial charge on any atom is 0.220 e. The molecule has 2 atom stereocenters. The fourth-order valence-corrected chi connectivity index (χ4v) is 4.51. The molecule has 2 aliphatic carbocycles. The summed E-state index contributed by atoms with van der Waals surface area (Å²) in [7, 11) is 0. The van der Waals surface area contributed by atoms with Crippen molar-refractivity contribution in [3.63, 3.8) is 0 Å². The average Bonchev–Trinajstić information content (AvgIpc) is 3.48. The van der Waals surface area contributed by atoms with Gasteiger partial charge in [-0.1, -0.05) is 26.3 Å². The van der Waals surface area contributed by atoms with Gasteiger partial charge in [-0.3, -0.25) is 4.98 Å². The molecule has 0 N–H and O–H groups in total. The minimum atomic E-state index is 0.505. The predicted molar refractivity (Wildman–Crippen MR) is 112 cm³/mol. The second kappa shape index (κ2) is 7.81. The monoisotopic (exact) mass is 379 g/mol. The lowest BCUT2D eigenvalue weighted by molar-refractivity contribution is 0.188. The summed E-state index contributed by atoms with van der Waals surface area (Å²) in [5.74, 6) is 3.23. The lowest BCUT2D eigenvalue weighted by atomic mass is 9.69. The van der Waals surface area contributed by atoms with Gasteiger partial charge in [-0.2, -0.15) is 4.98 Å². The third-order valence-corrected chi connectivity index (χ3v) is 7.06. The minimum Gasteiger partial charge on any atom is -0.477 e. The van der Waals surface area contributed by atoms with Crippen molar-refractivity contribution in [2.75, 3.05) is 6.61 Å². The highest BCUT2D eigenvalue weighted by Gasteiger charge is 2.40. The van der Waals surface area contributed by atoms with Crippen molar-refractivity contribution in [3.05, 3.63) is 47.2 Å². The molecule has 2 heterocycles. The van der Waals surface area contributed by atoms with E-state index in [-0.39, 0.29) is 0 Å². The minimum absolute atomic E-state index is 0.505. The molecule has 0 radical (unpaired) electrons. The fraction of sp³-hybridized carbons (Fsp3) is 0.625. The largest absolute Gasteiger partial charge is 0.477 e. The first-order valence-electron chi connectivity index (χ1n) is 10.9. The summed E-state index contributed by atoms with van der Waals surface area (Å²) in [6.45, 7) is 9.50. The van der Waals surface area contributed by atoms with Crippen molar-refractivity contribution in [2.24, 2.45) is 11.3 Å². The summed E-state index contributed by atoms with van der Waals surface area (Å²) < 4.78 is 6.27. The van der Waals surface area contributed by atoms with E-state index in [0.29, 0.717) is 23.2 Å². The third kappa shape index (κ3) is 4.21. The van der Waals surface area contributed by atoms with Crippen LogP contribution in [-0.2, 0) is 0 Å². The molecule has 4 heteroatoms. The smallest absolute Gasteiger partial charge is 0.220 e. The van der Waals surface area contributed by atoms with E-state index in [2.05, 4.69) is 47.9 Å². The number of nitrogens with zero attached hydrogens (tertiary/aromatic N) is 3. The van der Waals surface area contributed by atoms with Crippen LogP contribution in [0.15, 0.2) is 24.5 Å². The van der Waals surface area contributed by atoms with E-state index >= 15 is 0 Å². The van der Waals surface area contributed by atoms with Crippen LogP contribution in [0.25, 0.3) is 0 Å². The van der Waals surface area contributed by atoms with E-state index in [4.69, 9.17) is 4.74 Å². The van der Waals surface area contributed by atoms with Gasteiger partial charge in [-0.15, -0.1) is 0 Å². The number of hydrogen-bond donors (Lipinski definition) is 0. The van der Waals surface area contributed by atoms with Crippen LogP contribution in [0.5, 0.6) is 5.88 Å². The van der Waals surface area contributed by atoms with Gasteiger partial charge in [0.2, 0.25) is 5.88 Å². The highest BCUT2D eigenvalue weighted by Crippen LogP contribution is 2.48. The van der Waals surface area contributed by atoms with Crippen LogP contribution in [0.2, 0.25) is 0 Å². The lowest BCUT2D eigenvalue weighted by Crippen LogP contribution is -2.23. The van der Waals surface area contributed by atoms with Crippen molar-refractivity contribution in [1.29, 1.82) is 0 Å². The summed E-state index contributed by atoms with van der Waals surface area (Å²) in [5, 5.41) is 0. The molecule has 0 bridgehead atoms. The summed E-state index contributed by atoms with van der Waals surface area (Å²) in [4.78, 5) is 13.7. The molecular formula is C24H33N3O. The van der Waals surface area contributed by atoms with Crippen molar-refractivity contribution >= 4 is 0 Å². The van der Waals surface area contributed by atoms with Crippen molar-refractivity contribution in [1.82, 2.24) is 15.0 Å². The van der Waals surface area contributed by atoms with E-state index in [1.807, 2.05) is 19.3 Å². The van der Waals surface area contributed by atoms with Gasteiger partial charge < -0.3 is 4.74 Å². The van der Waals surface area contributed by atoms with Gasteiger partial charge in [0.1, 0.15) is 5.82 Å². The van der Waals surface area contributed by atoms with Crippen molar-refractivity contribution < 1.29 is 4.74 Å². The fourth-order valence-electron chi connectivity index (χ4n) is 4.51. The molecule has 4 rings (SSSR count). The second-order valence-corrected chi connectivity index (χ2v) is 9.29. The molecule has 2 aromatic heterocycles. The Balaban J connectivity index is 1.40. The third-order valence-electron chi connectivity index (χ3n) is 7.06. The molecule has 2 fully saturated rings. The molecule has 28 heavy (non-hydrogen) atoms. The maximum atomic E-state index is 6.27. The Labute approximate surface area is 169 Å². The standard InChI is InChI=1S/C24H33N3O/c1-5-24(4)10-8-18(9-11-24)21-14-25-17(3)27-23(21)28-15-19-12-20(19)22-7-6-16(2)13-26-22/h6-7,13-14,18-20H,5,8-12,15H2,1-4H3/t18-,19-,20+,24-/m1/s1. The van der Waals surface area contributed by atoms with Gasteiger partial charge in [0.05, 0.1) is 6.61 Å². The van der Waals surface area contributed by atoms with E-state index in [1.54, 1.807) is 0 Å². The zero-order valence-electron chi connectivity index (χ0n) is 17.7. The number of hydrogen-bond acceptors (Lipinski definition) is 4. The Hall–Kier alpha value is -1.97. The first kappa shape index (κ1) is 19.4. The summed E-state index contributed by atoms with van der Waals surface area (Å²) in [5.41, 5.74) is 4.13. The Kier molecular flexibility index (Phi) is 5.39. The van der Waals surface area contributed by atoms with Crippen LogP contribution >= 0.6 is 0 Å². The molecule has 2 saturated carbocycles. The van der Waals surface area contributed by atoms with Gasteiger partial charge >= 0.3 is 0 Å². The molecule has 150 valence electrons. The molecule has 0 aliphatic heterocycles. The normalized spacial score (nSPS) is 29.5. The molecule has 0 unspecified atom stereocenters. The topological polar surface area (TPSA) is 47.9 Å². The summed E-state index contributed by atoms with van der Waals surface area (Å²) >= 11 is 0. The number of ether oxygens (including phenoxy) is 1. The van der Waals surface area contributed by atoms with Crippen LogP contribution in [0.3, 0.4) is 0 Å². The number of aromatic nitrogens is 3. The zero-order valence-corrected chi connectivity index (χ0v) is 17.7. The van der Waals surface area contributed by atoms with Crippen LogP contribution in [-0.4, -0.2) is 21.6 Å². The Morgan fingerprint density at radius 1 is 1.11 bits per heavy atom. The van der Waals surface area contributed by atoms with Gasteiger partial charge in [-0.25, -0.2) is 4.98 Å². The van der Waals surface area contributed by atoms with Crippen molar-refractivity contribution in [3.8, 4) is 5.88 Å². The summed E-state index contributed by atoms with van der Waals surface area (Å²) in [6, 6.07) is 4.31. The quantitative estimate of drug-likeness (QED) is 0.641. The Morgan fingerprint density at radius 3 is 2.57 bits per heavy atom. The lowest BCUT2D eigenvalue weighted by Gasteiger charge is -2.37. The van der Waals surface area contributed by atoms with E-state index in [9.17, 15) is 0 Å². The molecule has 2 aromatic rings. The predicted octanol–water partition coefficient (Wildman–Crippen LogP) is 5.74. The van der Waals surface area contributed by atoms with Gasteiger partial charge in [-0.05, 0) is 68.9 Å².